The summed E-state index contributed by atoms with van der Waals surface area (Å²) in [7, 11) is 0. The summed E-state index contributed by atoms with van der Waals surface area (Å²) < 4.78 is 1.89. The highest BCUT2D eigenvalue weighted by atomic mass is 16.3. The van der Waals surface area contributed by atoms with Crippen molar-refractivity contribution in [2.75, 3.05) is 0 Å². The van der Waals surface area contributed by atoms with E-state index in [0.717, 1.165) is 11.5 Å². The SMILES string of the molecule is Oc1ccc2nnc(C3CCC3)n2c1. The summed E-state index contributed by atoms with van der Waals surface area (Å²) in [5.74, 6) is 1.78. The summed E-state index contributed by atoms with van der Waals surface area (Å²) in [4.78, 5) is 0. The zero-order valence-electron chi connectivity index (χ0n) is 7.72. The number of nitrogens with zero attached hydrogens (tertiary/aromatic N) is 3. The third-order valence-electron chi connectivity index (χ3n) is 2.88. The highest BCUT2D eigenvalue weighted by Crippen LogP contribution is 2.35. The van der Waals surface area contributed by atoms with Crippen LogP contribution in [0, 0.1) is 0 Å². The lowest BCUT2D eigenvalue weighted by Crippen LogP contribution is -2.12. The van der Waals surface area contributed by atoms with Crippen LogP contribution in [0.4, 0.5) is 0 Å². The third kappa shape index (κ3) is 0.999. The molecule has 0 spiro atoms. The molecule has 1 fully saturated rings. The molecule has 2 aromatic rings. The van der Waals surface area contributed by atoms with Crippen LogP contribution in [0.3, 0.4) is 0 Å². The second-order valence-electron chi connectivity index (χ2n) is 3.80. The van der Waals surface area contributed by atoms with E-state index in [2.05, 4.69) is 10.2 Å². The van der Waals surface area contributed by atoms with Gasteiger partial charge in [-0.2, -0.15) is 0 Å². The lowest BCUT2D eigenvalue weighted by Gasteiger charge is -2.23. The molecule has 1 aliphatic rings. The van der Waals surface area contributed by atoms with Gasteiger partial charge >= 0.3 is 0 Å². The van der Waals surface area contributed by atoms with Crippen molar-refractivity contribution in [3.63, 3.8) is 0 Å². The van der Waals surface area contributed by atoms with Crippen LogP contribution in [-0.2, 0) is 0 Å². The van der Waals surface area contributed by atoms with E-state index in [1.807, 2.05) is 4.40 Å². The van der Waals surface area contributed by atoms with Gasteiger partial charge in [-0.15, -0.1) is 10.2 Å². The van der Waals surface area contributed by atoms with Crippen molar-refractivity contribution in [2.45, 2.75) is 25.2 Å². The van der Waals surface area contributed by atoms with Crippen molar-refractivity contribution < 1.29 is 5.11 Å². The van der Waals surface area contributed by atoms with Gasteiger partial charge < -0.3 is 5.11 Å². The zero-order chi connectivity index (χ0) is 9.54. The molecule has 1 aliphatic carbocycles. The predicted molar refractivity (Wildman–Crippen MR) is 51.2 cm³/mol. The van der Waals surface area contributed by atoms with E-state index >= 15 is 0 Å². The van der Waals surface area contributed by atoms with Crippen LogP contribution in [-0.4, -0.2) is 19.7 Å². The summed E-state index contributed by atoms with van der Waals surface area (Å²) in [5.41, 5.74) is 0.810. The van der Waals surface area contributed by atoms with E-state index in [0.29, 0.717) is 5.92 Å². The summed E-state index contributed by atoms with van der Waals surface area (Å²) in [6.45, 7) is 0. The molecule has 0 bridgehead atoms. The number of hydrogen-bond donors (Lipinski definition) is 1. The molecular weight excluding hydrogens is 178 g/mol. The fourth-order valence-corrected chi connectivity index (χ4v) is 1.84. The molecule has 0 aromatic carbocycles. The van der Waals surface area contributed by atoms with E-state index < -0.39 is 0 Å². The van der Waals surface area contributed by atoms with E-state index in [1.165, 1.54) is 19.3 Å². The van der Waals surface area contributed by atoms with E-state index in [9.17, 15) is 5.11 Å². The molecule has 0 atom stereocenters. The molecule has 0 saturated heterocycles. The second-order valence-corrected chi connectivity index (χ2v) is 3.80. The topological polar surface area (TPSA) is 50.4 Å². The summed E-state index contributed by atoms with van der Waals surface area (Å²) in [6, 6.07) is 3.42. The highest BCUT2D eigenvalue weighted by molar-refractivity contribution is 5.41. The summed E-state index contributed by atoms with van der Waals surface area (Å²) in [6.07, 6.45) is 5.34. The zero-order valence-corrected chi connectivity index (χ0v) is 7.72. The molecule has 0 unspecified atom stereocenters. The maximum atomic E-state index is 9.37. The number of aromatic nitrogens is 3. The van der Waals surface area contributed by atoms with Gasteiger partial charge in [0.15, 0.2) is 5.65 Å². The minimum absolute atomic E-state index is 0.262. The number of fused-ring (bicyclic) bond motifs is 1. The smallest absolute Gasteiger partial charge is 0.161 e. The number of rotatable bonds is 1. The van der Waals surface area contributed by atoms with Gasteiger partial charge in [-0.3, -0.25) is 4.40 Å². The van der Waals surface area contributed by atoms with Crippen molar-refractivity contribution >= 4 is 5.65 Å². The Kier molecular flexibility index (Phi) is 1.50. The monoisotopic (exact) mass is 189 g/mol. The first kappa shape index (κ1) is 7.79. The molecule has 0 aliphatic heterocycles. The molecule has 14 heavy (non-hydrogen) atoms. The highest BCUT2D eigenvalue weighted by Gasteiger charge is 2.24. The van der Waals surface area contributed by atoms with Crippen LogP contribution in [0.15, 0.2) is 18.3 Å². The predicted octanol–water partition coefficient (Wildman–Crippen LogP) is 1.70. The lowest BCUT2D eigenvalue weighted by molar-refractivity contribution is 0.397. The van der Waals surface area contributed by atoms with Gasteiger partial charge in [-0.25, -0.2) is 0 Å². The number of pyridine rings is 1. The molecule has 2 aromatic heterocycles. The lowest BCUT2D eigenvalue weighted by atomic mass is 9.85. The Hall–Kier alpha value is -1.58. The third-order valence-corrected chi connectivity index (χ3v) is 2.88. The van der Waals surface area contributed by atoms with Crippen LogP contribution in [0.1, 0.15) is 31.0 Å². The van der Waals surface area contributed by atoms with Crippen LogP contribution in [0.5, 0.6) is 5.75 Å². The van der Waals surface area contributed by atoms with Crippen molar-refractivity contribution in [1.29, 1.82) is 0 Å². The molecule has 1 saturated carbocycles. The van der Waals surface area contributed by atoms with Gasteiger partial charge in [-0.05, 0) is 25.0 Å². The summed E-state index contributed by atoms with van der Waals surface area (Å²) >= 11 is 0. The molecule has 4 heteroatoms. The Balaban J connectivity index is 2.18. The quantitative estimate of drug-likeness (QED) is 0.742. The van der Waals surface area contributed by atoms with Crippen LogP contribution in [0.2, 0.25) is 0 Å². The van der Waals surface area contributed by atoms with Crippen molar-refractivity contribution in [2.24, 2.45) is 0 Å². The molecular formula is C10H11N3O. The minimum atomic E-state index is 0.262. The van der Waals surface area contributed by atoms with Gasteiger partial charge in [0.25, 0.3) is 0 Å². The largest absolute Gasteiger partial charge is 0.506 e. The first-order chi connectivity index (χ1) is 6.84. The molecule has 1 N–H and O–H groups in total. The maximum absolute atomic E-state index is 9.37. The normalized spacial score (nSPS) is 17.1. The number of hydrogen-bond acceptors (Lipinski definition) is 3. The molecule has 72 valence electrons. The Labute approximate surface area is 81.2 Å². The van der Waals surface area contributed by atoms with Crippen LogP contribution in [0.25, 0.3) is 5.65 Å². The standard InChI is InChI=1S/C10H11N3O/c14-8-4-5-9-11-12-10(13(9)6-8)7-2-1-3-7/h4-7,14H,1-3H2. The molecule has 4 nitrogen and oxygen atoms in total. The van der Waals surface area contributed by atoms with Gasteiger partial charge in [0.2, 0.25) is 0 Å². The Morgan fingerprint density at radius 2 is 2.14 bits per heavy atom. The average molecular weight is 189 g/mol. The van der Waals surface area contributed by atoms with E-state index in [1.54, 1.807) is 18.3 Å². The molecule has 0 amide bonds. The van der Waals surface area contributed by atoms with Crippen LogP contribution >= 0.6 is 0 Å². The number of aromatic hydroxyl groups is 1. The average Bonchev–Trinajstić information content (AvgIpc) is 2.46. The summed E-state index contributed by atoms with van der Waals surface area (Å²) in [5, 5.41) is 17.6. The van der Waals surface area contributed by atoms with E-state index in [4.69, 9.17) is 0 Å². The van der Waals surface area contributed by atoms with E-state index in [-0.39, 0.29) is 5.75 Å². The fraction of sp³-hybridized carbons (Fsp3) is 0.400. The maximum Gasteiger partial charge on any atom is 0.161 e. The van der Waals surface area contributed by atoms with Crippen molar-refractivity contribution in [1.82, 2.24) is 14.6 Å². The molecule has 0 radical (unpaired) electrons. The first-order valence-electron chi connectivity index (χ1n) is 4.88. The van der Waals surface area contributed by atoms with Gasteiger partial charge in [0.1, 0.15) is 11.6 Å². The van der Waals surface area contributed by atoms with Gasteiger partial charge in [0, 0.05) is 5.92 Å². The molecule has 3 rings (SSSR count). The van der Waals surface area contributed by atoms with Crippen LogP contribution < -0.4 is 0 Å². The van der Waals surface area contributed by atoms with Gasteiger partial charge in [-0.1, -0.05) is 6.42 Å². The van der Waals surface area contributed by atoms with Crippen molar-refractivity contribution in [3.05, 3.63) is 24.2 Å². The van der Waals surface area contributed by atoms with Crippen molar-refractivity contribution in [3.8, 4) is 5.75 Å². The minimum Gasteiger partial charge on any atom is -0.506 e. The Bertz CT molecular complexity index is 473. The Morgan fingerprint density at radius 1 is 1.29 bits per heavy atom. The molecule has 2 heterocycles. The second kappa shape index (κ2) is 2.70. The fourth-order valence-electron chi connectivity index (χ4n) is 1.84. The first-order valence-corrected chi connectivity index (χ1v) is 4.88. The van der Waals surface area contributed by atoms with Gasteiger partial charge in [0.05, 0.1) is 6.20 Å². The Morgan fingerprint density at radius 3 is 2.86 bits per heavy atom.